The second-order valence-corrected chi connectivity index (χ2v) is 1.95. The monoisotopic (exact) mass is 148 g/mol. The first-order chi connectivity index (χ1) is 4.54. The molecule has 1 amide bonds. The van der Waals surface area contributed by atoms with Crippen LogP contribution in [0.25, 0.3) is 0 Å². The highest BCUT2D eigenvalue weighted by Gasteiger charge is 2.11. The maximum atomic E-state index is 10.1. The van der Waals surface area contributed by atoms with Crippen LogP contribution in [-0.4, -0.2) is 23.0 Å². The van der Waals surface area contributed by atoms with Crippen LogP contribution in [0.5, 0.6) is 0 Å². The minimum Gasteiger partial charge on any atom is -0.480 e. The quantitative estimate of drug-likeness (QED) is 0.339. The number of carboxylic acids is 1. The lowest BCUT2D eigenvalue weighted by Gasteiger charge is -2.01. The van der Waals surface area contributed by atoms with Gasteiger partial charge in [-0.2, -0.15) is 0 Å². The largest absolute Gasteiger partial charge is 0.480 e. The molecule has 0 aliphatic rings. The lowest BCUT2D eigenvalue weighted by Crippen LogP contribution is -2.31. The van der Waals surface area contributed by atoms with Crippen molar-refractivity contribution in [2.24, 2.45) is 11.5 Å². The van der Waals surface area contributed by atoms with Crippen molar-refractivity contribution in [2.45, 2.75) is 18.9 Å². The predicted octanol–water partition coefficient (Wildman–Crippen LogP) is -1.34. The minimum atomic E-state index is -1.11. The number of hydrogen-bond donors (Lipinski definition) is 3. The fourth-order valence-corrected chi connectivity index (χ4v) is 0.421. The van der Waals surface area contributed by atoms with Gasteiger partial charge >= 0.3 is 5.97 Å². The van der Waals surface area contributed by atoms with Crippen molar-refractivity contribution in [3.8, 4) is 0 Å². The molecule has 0 aromatic rings. The van der Waals surface area contributed by atoms with Gasteiger partial charge in [0, 0.05) is 6.42 Å². The number of carboxylic acid groups (broad SMARTS) is 1. The summed E-state index contributed by atoms with van der Waals surface area (Å²) >= 11 is 0. The summed E-state index contributed by atoms with van der Waals surface area (Å²) in [6.07, 6.45) is 0.123. The Balaban J connectivity index is 3.49. The number of hydrogen-bond acceptors (Lipinski definition) is 3. The molecule has 1 atom stereocenters. The third kappa shape index (κ3) is 3.85. The van der Waals surface area contributed by atoms with Gasteiger partial charge in [-0.25, -0.2) is 0 Å². The third-order valence-electron chi connectivity index (χ3n) is 1.02. The highest BCUT2D eigenvalue weighted by atomic mass is 16.4. The lowest BCUT2D eigenvalue weighted by atomic mass is 10.3. The summed E-state index contributed by atoms with van der Waals surface area (Å²) in [6.45, 7) is 0. The zero-order chi connectivity index (χ0) is 8.15. The first kappa shape index (κ1) is 8.90. The van der Waals surface area contributed by atoms with Crippen LogP contribution >= 0.6 is 0 Å². The molecule has 58 valence electrons. The Morgan fingerprint density at radius 1 is 1.50 bits per heavy atom. The minimum absolute atomic E-state index is 0.0213. The third-order valence-corrected chi connectivity index (χ3v) is 1.02. The lowest BCUT2D eigenvalue weighted by molar-refractivity contribution is -0.138. The molecule has 0 unspecified atom stereocenters. The van der Waals surface area contributed by atoms with E-state index in [1.54, 1.807) is 0 Å². The molecule has 0 radical (unpaired) electrons. The van der Waals surface area contributed by atoms with Gasteiger partial charge in [0.15, 0.2) is 0 Å². The Bertz CT molecular complexity index is 146. The Kier molecular flexibility index (Phi) is 3.42. The number of aliphatic carboxylic acids is 1. The Labute approximate surface area is 58.0 Å². The van der Waals surface area contributed by atoms with Crippen molar-refractivity contribution in [3.63, 3.8) is 0 Å². The van der Waals surface area contributed by atoms with Crippen molar-refractivity contribution in [2.75, 3.05) is 0 Å². The van der Waals surface area contributed by atoms with Crippen LogP contribution in [0, 0.1) is 0 Å². The van der Waals surface area contributed by atoms with Crippen LogP contribution in [0.15, 0.2) is 0 Å². The Hall–Kier alpha value is -1.10. The van der Waals surface area contributed by atoms with Crippen molar-refractivity contribution < 1.29 is 14.7 Å². The summed E-state index contributed by atoms with van der Waals surface area (Å²) in [5.74, 6) is -1.64. The highest BCUT2D eigenvalue weighted by molar-refractivity contribution is 5.76. The van der Waals surface area contributed by atoms with Crippen LogP contribution in [0.2, 0.25) is 0 Å². The first-order valence-electron chi connectivity index (χ1n) is 2.80. The molecule has 5 N–H and O–H groups in total. The summed E-state index contributed by atoms with van der Waals surface area (Å²) in [7, 11) is 0. The van der Waals surface area contributed by atoms with Gasteiger partial charge in [-0.1, -0.05) is 0 Å². The second kappa shape index (κ2) is 3.84. The molecule has 0 saturated heterocycles. The maximum absolute atomic E-state index is 10.1. The standard InChI is InChI=1S/C5H10N2O3/c6-3(5(9)10)1-2-4(7)8/h3H,1-2,6H2,(H2,7,8)(H,9,10)/t3-/m0/s1/i3+1,6+1. The summed E-state index contributed by atoms with van der Waals surface area (Å²) in [4.78, 5) is 20.1. The number of rotatable bonds is 4. The Morgan fingerprint density at radius 2 is 2.00 bits per heavy atom. The number of carbonyl (C=O) groups is 2. The van der Waals surface area contributed by atoms with E-state index < -0.39 is 17.9 Å². The topological polar surface area (TPSA) is 106 Å². The van der Waals surface area contributed by atoms with E-state index in [2.05, 4.69) is 0 Å². The van der Waals surface area contributed by atoms with Crippen molar-refractivity contribution in [1.82, 2.24) is 0 Å². The molecule has 0 saturated carbocycles. The zero-order valence-electron chi connectivity index (χ0n) is 5.41. The van der Waals surface area contributed by atoms with Gasteiger partial charge < -0.3 is 16.6 Å². The molecule has 0 heterocycles. The SMILES string of the molecule is NC(=O)CC[13C@H]([15NH2])C(=O)O. The van der Waals surface area contributed by atoms with Crippen LogP contribution in [0.3, 0.4) is 0 Å². The average Bonchev–Trinajstić information content (AvgIpc) is 1.82. The first-order valence-corrected chi connectivity index (χ1v) is 2.80. The van der Waals surface area contributed by atoms with Gasteiger partial charge in [-0.05, 0) is 6.42 Å². The van der Waals surface area contributed by atoms with Crippen LogP contribution in [-0.2, 0) is 9.59 Å². The number of nitrogens with two attached hydrogens (primary N) is 2. The second-order valence-electron chi connectivity index (χ2n) is 1.95. The average molecular weight is 148 g/mol. The van der Waals surface area contributed by atoms with Crippen LogP contribution in [0.1, 0.15) is 12.8 Å². The highest BCUT2D eigenvalue weighted by Crippen LogP contribution is 1.92. The molecule has 0 aliphatic heterocycles. The fourth-order valence-electron chi connectivity index (χ4n) is 0.421. The van der Waals surface area contributed by atoms with Gasteiger partial charge in [-0.3, -0.25) is 9.59 Å². The van der Waals surface area contributed by atoms with Crippen molar-refractivity contribution in [3.05, 3.63) is 0 Å². The smallest absolute Gasteiger partial charge is 0.320 e. The summed E-state index contributed by atoms with van der Waals surface area (Å²) in [5.41, 5.74) is 9.81. The molecule has 0 spiro atoms. The summed E-state index contributed by atoms with van der Waals surface area (Å²) < 4.78 is 0. The van der Waals surface area contributed by atoms with Crippen molar-refractivity contribution >= 4 is 11.9 Å². The van der Waals surface area contributed by atoms with Crippen molar-refractivity contribution in [1.29, 1.82) is 0 Å². The van der Waals surface area contributed by atoms with Gasteiger partial charge in [-0.15, -0.1) is 0 Å². The van der Waals surface area contributed by atoms with Crippen LogP contribution in [0.4, 0.5) is 0 Å². The molecular weight excluding hydrogens is 138 g/mol. The van der Waals surface area contributed by atoms with Gasteiger partial charge in [0.05, 0.1) is 0 Å². The maximum Gasteiger partial charge on any atom is 0.320 e. The normalized spacial score (nSPS) is 12.5. The van der Waals surface area contributed by atoms with E-state index in [0.717, 1.165) is 0 Å². The Morgan fingerprint density at radius 3 is 2.30 bits per heavy atom. The van der Waals surface area contributed by atoms with E-state index in [-0.39, 0.29) is 12.8 Å². The fraction of sp³-hybridized carbons (Fsp3) is 0.600. The van der Waals surface area contributed by atoms with E-state index in [1.807, 2.05) is 0 Å². The van der Waals surface area contributed by atoms with Gasteiger partial charge in [0.1, 0.15) is 6.04 Å². The molecule has 5 nitrogen and oxygen atoms in total. The number of primary amides is 1. The molecule has 0 aromatic carbocycles. The van der Waals surface area contributed by atoms with E-state index in [4.69, 9.17) is 16.6 Å². The molecule has 0 fully saturated rings. The number of carbonyl (C=O) groups excluding carboxylic acids is 1. The predicted molar refractivity (Wildman–Crippen MR) is 34.0 cm³/mol. The molecule has 10 heavy (non-hydrogen) atoms. The molecule has 0 aromatic heterocycles. The summed E-state index contributed by atoms with van der Waals surface area (Å²) in [5, 5.41) is 8.22. The molecule has 0 aliphatic carbocycles. The molecular formula is C5H10N2O3. The zero-order valence-corrected chi connectivity index (χ0v) is 5.41. The number of amides is 1. The van der Waals surface area contributed by atoms with E-state index in [9.17, 15) is 9.59 Å². The van der Waals surface area contributed by atoms with E-state index in [1.165, 1.54) is 0 Å². The van der Waals surface area contributed by atoms with E-state index in [0.29, 0.717) is 0 Å². The molecule has 0 rings (SSSR count). The van der Waals surface area contributed by atoms with Gasteiger partial charge in [0.25, 0.3) is 0 Å². The van der Waals surface area contributed by atoms with E-state index >= 15 is 0 Å². The van der Waals surface area contributed by atoms with Crippen LogP contribution < -0.4 is 11.5 Å². The molecule has 0 bridgehead atoms. The summed E-state index contributed by atoms with van der Waals surface area (Å²) in [6, 6.07) is -0.979. The van der Waals surface area contributed by atoms with Gasteiger partial charge in [0.2, 0.25) is 5.91 Å². The molecule has 5 heteroatoms.